The molecule has 0 aromatic rings. The highest BCUT2D eigenvalue weighted by atomic mass is 16.6. The summed E-state index contributed by atoms with van der Waals surface area (Å²) >= 11 is 0. The van der Waals surface area contributed by atoms with Crippen LogP contribution >= 0.6 is 0 Å². The van der Waals surface area contributed by atoms with Crippen LogP contribution in [0, 0.1) is 45.3 Å². The molecule has 9 heteroatoms. The van der Waals surface area contributed by atoms with Crippen molar-refractivity contribution >= 4 is 23.9 Å². The van der Waals surface area contributed by atoms with E-state index in [1.807, 2.05) is 6.92 Å². The number of allylic oxidation sites excluding steroid dienone is 2. The second-order valence-electron chi connectivity index (χ2n) is 16.9. The van der Waals surface area contributed by atoms with E-state index in [1.165, 1.54) is 26.3 Å². The van der Waals surface area contributed by atoms with Crippen molar-refractivity contribution in [3.8, 4) is 0 Å². The second kappa shape index (κ2) is 13.8. The zero-order valence-corrected chi connectivity index (χ0v) is 31.0. The van der Waals surface area contributed by atoms with Gasteiger partial charge in [0.2, 0.25) is 0 Å². The van der Waals surface area contributed by atoms with Gasteiger partial charge in [0.15, 0.2) is 0 Å². The summed E-state index contributed by atoms with van der Waals surface area (Å²) in [4.78, 5) is 46.4. The quantitative estimate of drug-likeness (QED) is 0.164. The van der Waals surface area contributed by atoms with E-state index in [4.69, 9.17) is 24.1 Å². The van der Waals surface area contributed by atoms with Crippen molar-refractivity contribution in [2.75, 3.05) is 0 Å². The summed E-state index contributed by atoms with van der Waals surface area (Å²) in [5, 5.41) is 19.4. The maximum absolute atomic E-state index is 12.6. The Morgan fingerprint density at radius 1 is 0.809 bits per heavy atom. The molecule has 268 valence electrons. The van der Waals surface area contributed by atoms with Gasteiger partial charge in [0.05, 0.1) is 5.60 Å². The van der Waals surface area contributed by atoms with Crippen LogP contribution in [0.1, 0.15) is 134 Å². The molecule has 0 unspecified atom stereocenters. The van der Waals surface area contributed by atoms with Gasteiger partial charge in [-0.1, -0.05) is 46.3 Å². The van der Waals surface area contributed by atoms with E-state index in [9.17, 15) is 19.5 Å². The summed E-state index contributed by atoms with van der Waals surface area (Å²) in [5.74, 6) is -1.57. The van der Waals surface area contributed by atoms with E-state index < -0.39 is 17.0 Å². The highest BCUT2D eigenvalue weighted by Crippen LogP contribution is 2.76. The smallest absolute Gasteiger partial charge is 0.302 e. The van der Waals surface area contributed by atoms with Crippen molar-refractivity contribution in [3.05, 3.63) is 11.6 Å². The van der Waals surface area contributed by atoms with Crippen molar-refractivity contribution in [3.63, 3.8) is 0 Å². The van der Waals surface area contributed by atoms with Gasteiger partial charge in [-0.15, -0.1) is 0 Å². The van der Waals surface area contributed by atoms with Crippen molar-refractivity contribution in [1.82, 2.24) is 0 Å². The average Bonchev–Trinajstić information content (AvgIpc) is 3.26. The lowest BCUT2D eigenvalue weighted by atomic mass is 9.34. The molecule has 2 N–H and O–H groups in total. The molecular weight excluding hydrogens is 600 g/mol. The summed E-state index contributed by atoms with van der Waals surface area (Å²) in [6.07, 6.45) is 7.48. The van der Waals surface area contributed by atoms with Crippen molar-refractivity contribution in [2.24, 2.45) is 45.3 Å². The Kier molecular flexibility index (Phi) is 11.5. The molecule has 0 saturated heterocycles. The molecule has 0 heterocycles. The number of hydrogen-bond donors (Lipinski definition) is 2. The largest absolute Gasteiger partial charge is 0.481 e. The standard InChI is InChI=1S/C36H58O7.C2H4O2/c1-21(2)13-12-16-36(11,40)25-14-18-34(9)30(25)26(41-22(3)37)19-28-33(8)17-15-29(43-24(5)39)32(6,7)31(33)27(42-23(4)38)20-35(28,34)10;1-2(3)4/h13,25-31,40H,12,14-20H2,1-11H3;1H3,(H,3,4)/t25-,26+,27-,28+,29-,30-,31-,33+,34+,35+,36-;/m0./s1. The van der Waals surface area contributed by atoms with E-state index in [1.54, 1.807) is 0 Å². The number of carboxylic acids is 1. The van der Waals surface area contributed by atoms with Crippen LogP contribution in [-0.2, 0) is 33.4 Å². The molecule has 0 aromatic heterocycles. The Bertz CT molecular complexity index is 1230. The van der Waals surface area contributed by atoms with Crippen LogP contribution in [0.15, 0.2) is 11.6 Å². The third-order valence-corrected chi connectivity index (χ3v) is 13.1. The minimum Gasteiger partial charge on any atom is -0.481 e. The predicted octanol–water partition coefficient (Wildman–Crippen LogP) is 7.27. The van der Waals surface area contributed by atoms with E-state index in [0.717, 1.165) is 39.0 Å². The highest BCUT2D eigenvalue weighted by Gasteiger charge is 2.74. The molecule has 0 amide bonds. The molecule has 0 bridgehead atoms. The van der Waals surface area contributed by atoms with Crippen LogP contribution in [0.5, 0.6) is 0 Å². The lowest BCUT2D eigenvalue weighted by Gasteiger charge is -2.71. The SMILES string of the molecule is CC(=O)O.CC(=O)O[C@H]1C[C@]2(C)[C@H](C[C@@H](OC(C)=O)[C@@H]3[C@@H]([C@@](C)(O)CCC=C(C)C)CC[C@]32C)[C@@]2(C)CC[C@H](OC(C)=O)C(C)(C)[C@H]12. The first kappa shape index (κ1) is 39.0. The van der Waals surface area contributed by atoms with Crippen LogP contribution in [0.3, 0.4) is 0 Å². The minimum atomic E-state index is -0.906. The third-order valence-electron chi connectivity index (χ3n) is 13.1. The zero-order valence-electron chi connectivity index (χ0n) is 31.0. The van der Waals surface area contributed by atoms with Crippen LogP contribution in [0.25, 0.3) is 0 Å². The lowest BCUT2D eigenvalue weighted by molar-refractivity contribution is -0.280. The number of carbonyl (C=O) groups excluding carboxylic acids is 3. The summed E-state index contributed by atoms with van der Waals surface area (Å²) in [6, 6.07) is 0. The van der Waals surface area contributed by atoms with E-state index in [2.05, 4.69) is 54.5 Å². The van der Waals surface area contributed by atoms with Crippen LogP contribution in [-0.4, -0.2) is 58.0 Å². The molecule has 0 aliphatic heterocycles. The number of hydrogen-bond acceptors (Lipinski definition) is 8. The number of esters is 3. The molecule has 4 fully saturated rings. The van der Waals surface area contributed by atoms with Gasteiger partial charge in [0.25, 0.3) is 5.97 Å². The molecule has 9 nitrogen and oxygen atoms in total. The molecular formula is C38H62O9. The van der Waals surface area contributed by atoms with Gasteiger partial charge < -0.3 is 24.4 Å². The number of aliphatic hydroxyl groups is 1. The normalized spacial score (nSPS) is 39.6. The summed E-state index contributed by atoms with van der Waals surface area (Å²) in [5.41, 5.74) is -0.813. The molecule has 0 aromatic carbocycles. The maximum Gasteiger partial charge on any atom is 0.302 e. The Labute approximate surface area is 282 Å². The fraction of sp³-hybridized carbons (Fsp3) is 0.842. The Balaban J connectivity index is 0.00000142. The minimum absolute atomic E-state index is 0.0112. The van der Waals surface area contributed by atoms with Gasteiger partial charge in [0, 0.05) is 44.9 Å². The summed E-state index contributed by atoms with van der Waals surface area (Å²) < 4.78 is 18.4. The molecule has 4 saturated carbocycles. The fourth-order valence-corrected chi connectivity index (χ4v) is 11.4. The van der Waals surface area contributed by atoms with Gasteiger partial charge >= 0.3 is 17.9 Å². The fourth-order valence-electron chi connectivity index (χ4n) is 11.4. The topological polar surface area (TPSA) is 136 Å². The average molecular weight is 663 g/mol. The summed E-state index contributed by atoms with van der Waals surface area (Å²) in [6.45, 7) is 23.1. The molecule has 4 rings (SSSR count). The molecule has 0 radical (unpaired) electrons. The number of aliphatic carboxylic acids is 1. The van der Waals surface area contributed by atoms with Crippen LogP contribution in [0.4, 0.5) is 0 Å². The highest BCUT2D eigenvalue weighted by molar-refractivity contribution is 5.67. The Hall–Kier alpha value is -2.42. The summed E-state index contributed by atoms with van der Waals surface area (Å²) in [7, 11) is 0. The molecule has 11 atom stereocenters. The van der Waals surface area contributed by atoms with Gasteiger partial charge in [-0.2, -0.15) is 0 Å². The monoisotopic (exact) mass is 662 g/mol. The number of ether oxygens (including phenoxy) is 3. The number of rotatable bonds is 7. The first-order valence-corrected chi connectivity index (χ1v) is 17.5. The predicted molar refractivity (Wildman–Crippen MR) is 179 cm³/mol. The van der Waals surface area contributed by atoms with Gasteiger partial charge in [-0.25, -0.2) is 0 Å². The van der Waals surface area contributed by atoms with Gasteiger partial charge in [0.1, 0.15) is 18.3 Å². The van der Waals surface area contributed by atoms with Crippen molar-refractivity contribution in [2.45, 2.75) is 158 Å². The van der Waals surface area contributed by atoms with Crippen LogP contribution < -0.4 is 0 Å². The zero-order chi connectivity index (χ0) is 35.9. The van der Waals surface area contributed by atoms with E-state index in [0.29, 0.717) is 19.3 Å². The molecule has 4 aliphatic rings. The Morgan fingerprint density at radius 3 is 1.85 bits per heavy atom. The van der Waals surface area contributed by atoms with E-state index >= 15 is 0 Å². The van der Waals surface area contributed by atoms with E-state index in [-0.39, 0.29) is 76.1 Å². The number of carboxylic acid groups (broad SMARTS) is 1. The lowest BCUT2D eigenvalue weighted by Crippen LogP contribution is -2.70. The van der Waals surface area contributed by atoms with Crippen molar-refractivity contribution < 1.29 is 43.6 Å². The first-order chi connectivity index (χ1) is 21.4. The second-order valence-corrected chi connectivity index (χ2v) is 16.9. The maximum atomic E-state index is 12.6. The molecule has 0 spiro atoms. The molecule has 4 aliphatic carbocycles. The van der Waals surface area contributed by atoms with Gasteiger partial charge in [-0.05, 0) is 100 Å². The van der Waals surface area contributed by atoms with Crippen molar-refractivity contribution in [1.29, 1.82) is 0 Å². The van der Waals surface area contributed by atoms with Gasteiger partial charge in [-0.3, -0.25) is 19.2 Å². The number of fused-ring (bicyclic) bond motifs is 5. The molecule has 47 heavy (non-hydrogen) atoms. The van der Waals surface area contributed by atoms with Crippen LogP contribution in [0.2, 0.25) is 0 Å². The number of carbonyl (C=O) groups is 4. The Morgan fingerprint density at radius 2 is 1.34 bits per heavy atom. The first-order valence-electron chi connectivity index (χ1n) is 17.5. The third kappa shape index (κ3) is 7.45.